The van der Waals surface area contributed by atoms with Crippen LogP contribution in [0.5, 0.6) is 0 Å². The fourth-order valence-electron chi connectivity index (χ4n) is 1.92. The van der Waals surface area contributed by atoms with Crippen LogP contribution in [-0.2, 0) is 6.54 Å². The molecular formula is C13H11N3O. The van der Waals surface area contributed by atoms with E-state index in [1.165, 1.54) is 0 Å². The number of nitrogens with one attached hydrogen (secondary N) is 1. The third-order valence-electron chi connectivity index (χ3n) is 2.72. The van der Waals surface area contributed by atoms with Gasteiger partial charge in [0.25, 0.3) is 5.56 Å². The third-order valence-corrected chi connectivity index (χ3v) is 2.72. The quantitative estimate of drug-likeness (QED) is 0.722. The van der Waals surface area contributed by atoms with Gasteiger partial charge in [0.2, 0.25) is 0 Å². The Labute approximate surface area is 97.5 Å². The van der Waals surface area contributed by atoms with Crippen LogP contribution in [0, 0.1) is 0 Å². The lowest BCUT2D eigenvalue weighted by Gasteiger charge is -2.03. The maximum Gasteiger partial charge on any atom is 0.271 e. The summed E-state index contributed by atoms with van der Waals surface area (Å²) in [5, 5.41) is 3.53. The SMILES string of the molecule is O=c1[nH]n(Cc2ccccn2)c2ccccc12. The first-order chi connectivity index (χ1) is 8.34. The Morgan fingerprint density at radius 3 is 2.76 bits per heavy atom. The van der Waals surface area contributed by atoms with Crippen molar-refractivity contribution in [3.8, 4) is 0 Å². The zero-order valence-corrected chi connectivity index (χ0v) is 9.13. The molecule has 0 bridgehead atoms. The summed E-state index contributed by atoms with van der Waals surface area (Å²) in [5.41, 5.74) is 1.77. The summed E-state index contributed by atoms with van der Waals surface area (Å²) in [6, 6.07) is 13.3. The van der Waals surface area contributed by atoms with E-state index in [9.17, 15) is 4.79 Å². The summed E-state index contributed by atoms with van der Waals surface area (Å²) in [6.07, 6.45) is 1.75. The maximum absolute atomic E-state index is 11.7. The Bertz CT molecular complexity index is 697. The molecular weight excluding hydrogens is 214 g/mol. The number of para-hydroxylation sites is 1. The minimum atomic E-state index is -0.0588. The van der Waals surface area contributed by atoms with E-state index < -0.39 is 0 Å². The number of benzene rings is 1. The van der Waals surface area contributed by atoms with Crippen molar-refractivity contribution < 1.29 is 0 Å². The summed E-state index contributed by atoms with van der Waals surface area (Å²) in [5.74, 6) is 0. The highest BCUT2D eigenvalue weighted by Crippen LogP contribution is 2.09. The fourth-order valence-corrected chi connectivity index (χ4v) is 1.92. The molecule has 2 heterocycles. The Balaban J connectivity index is 2.10. The van der Waals surface area contributed by atoms with Gasteiger partial charge in [0, 0.05) is 6.20 Å². The Morgan fingerprint density at radius 1 is 1.12 bits per heavy atom. The van der Waals surface area contributed by atoms with Crippen LogP contribution >= 0.6 is 0 Å². The van der Waals surface area contributed by atoms with E-state index in [0.717, 1.165) is 11.2 Å². The molecule has 0 unspecified atom stereocenters. The average molecular weight is 225 g/mol. The fraction of sp³-hybridized carbons (Fsp3) is 0.0769. The molecule has 0 radical (unpaired) electrons. The zero-order chi connectivity index (χ0) is 11.7. The van der Waals surface area contributed by atoms with Crippen LogP contribution in [0.25, 0.3) is 10.9 Å². The van der Waals surface area contributed by atoms with Gasteiger partial charge in [0.1, 0.15) is 0 Å². The minimum Gasteiger partial charge on any atom is -0.278 e. The molecule has 0 aliphatic rings. The van der Waals surface area contributed by atoms with E-state index in [4.69, 9.17) is 0 Å². The van der Waals surface area contributed by atoms with E-state index in [-0.39, 0.29) is 5.56 Å². The van der Waals surface area contributed by atoms with Gasteiger partial charge in [-0.3, -0.25) is 19.6 Å². The third kappa shape index (κ3) is 1.73. The Morgan fingerprint density at radius 2 is 1.94 bits per heavy atom. The molecule has 1 N–H and O–H groups in total. The maximum atomic E-state index is 11.7. The van der Waals surface area contributed by atoms with Crippen LogP contribution in [0.2, 0.25) is 0 Å². The summed E-state index contributed by atoms with van der Waals surface area (Å²) >= 11 is 0. The van der Waals surface area contributed by atoms with Crippen molar-refractivity contribution in [2.45, 2.75) is 6.54 Å². The zero-order valence-electron chi connectivity index (χ0n) is 9.13. The van der Waals surface area contributed by atoms with Crippen molar-refractivity contribution >= 4 is 10.9 Å². The standard InChI is InChI=1S/C13H11N3O/c17-13-11-6-1-2-7-12(11)16(15-13)9-10-5-3-4-8-14-10/h1-8H,9H2,(H,15,17). The van der Waals surface area contributed by atoms with Crippen LogP contribution in [-0.4, -0.2) is 14.8 Å². The number of fused-ring (bicyclic) bond motifs is 1. The number of aromatic amines is 1. The molecule has 0 aliphatic carbocycles. The molecule has 0 atom stereocenters. The van der Waals surface area contributed by atoms with Gasteiger partial charge in [0.05, 0.1) is 23.1 Å². The first-order valence-corrected chi connectivity index (χ1v) is 5.42. The molecule has 4 nitrogen and oxygen atoms in total. The van der Waals surface area contributed by atoms with Gasteiger partial charge in [-0.2, -0.15) is 0 Å². The lowest BCUT2D eigenvalue weighted by atomic mass is 10.2. The number of aromatic nitrogens is 3. The molecule has 0 amide bonds. The second kappa shape index (κ2) is 3.90. The van der Waals surface area contributed by atoms with Gasteiger partial charge in [-0.15, -0.1) is 0 Å². The first kappa shape index (κ1) is 9.84. The second-order valence-corrected chi connectivity index (χ2v) is 3.87. The monoisotopic (exact) mass is 225 g/mol. The number of H-pyrrole nitrogens is 1. The molecule has 0 saturated carbocycles. The van der Waals surface area contributed by atoms with Gasteiger partial charge in [-0.25, -0.2) is 0 Å². The van der Waals surface area contributed by atoms with Crippen molar-refractivity contribution in [3.63, 3.8) is 0 Å². The number of pyridine rings is 1. The topological polar surface area (TPSA) is 50.7 Å². The van der Waals surface area contributed by atoms with Gasteiger partial charge in [-0.1, -0.05) is 18.2 Å². The van der Waals surface area contributed by atoms with Crippen LogP contribution < -0.4 is 5.56 Å². The van der Waals surface area contributed by atoms with Gasteiger partial charge in [-0.05, 0) is 24.3 Å². The largest absolute Gasteiger partial charge is 0.278 e. The summed E-state index contributed by atoms with van der Waals surface area (Å²) in [6.45, 7) is 0.573. The molecule has 3 aromatic rings. The number of nitrogens with zero attached hydrogens (tertiary/aromatic N) is 2. The van der Waals surface area contributed by atoms with Crippen molar-refractivity contribution in [2.75, 3.05) is 0 Å². The van der Waals surface area contributed by atoms with Gasteiger partial charge < -0.3 is 0 Å². The summed E-state index contributed by atoms with van der Waals surface area (Å²) in [4.78, 5) is 15.9. The average Bonchev–Trinajstić information content (AvgIpc) is 2.69. The van der Waals surface area contributed by atoms with Crippen LogP contribution in [0.1, 0.15) is 5.69 Å². The lowest BCUT2D eigenvalue weighted by Crippen LogP contribution is -2.07. The predicted molar refractivity (Wildman–Crippen MR) is 65.9 cm³/mol. The molecule has 1 aromatic carbocycles. The summed E-state index contributed by atoms with van der Waals surface area (Å²) < 4.78 is 1.82. The second-order valence-electron chi connectivity index (χ2n) is 3.87. The van der Waals surface area contributed by atoms with Crippen molar-refractivity contribution in [3.05, 3.63) is 64.7 Å². The molecule has 2 aromatic heterocycles. The lowest BCUT2D eigenvalue weighted by molar-refractivity contribution is 0.688. The van der Waals surface area contributed by atoms with Gasteiger partial charge >= 0.3 is 0 Å². The van der Waals surface area contributed by atoms with Crippen molar-refractivity contribution in [1.82, 2.24) is 14.8 Å². The predicted octanol–water partition coefficient (Wildman–Crippen LogP) is 1.77. The Hall–Kier alpha value is -2.36. The molecule has 4 heteroatoms. The summed E-state index contributed by atoms with van der Waals surface area (Å²) in [7, 11) is 0. The Kier molecular flexibility index (Phi) is 2.26. The van der Waals surface area contributed by atoms with Crippen molar-refractivity contribution in [2.24, 2.45) is 0 Å². The molecule has 0 aliphatic heterocycles. The number of rotatable bonds is 2. The molecule has 17 heavy (non-hydrogen) atoms. The normalized spacial score (nSPS) is 10.8. The van der Waals surface area contributed by atoms with Gasteiger partial charge in [0.15, 0.2) is 0 Å². The van der Waals surface area contributed by atoms with Crippen LogP contribution in [0.4, 0.5) is 0 Å². The van der Waals surface area contributed by atoms with Crippen molar-refractivity contribution in [1.29, 1.82) is 0 Å². The van der Waals surface area contributed by atoms with Crippen LogP contribution in [0.15, 0.2) is 53.5 Å². The smallest absolute Gasteiger partial charge is 0.271 e. The van der Waals surface area contributed by atoms with E-state index in [1.54, 1.807) is 6.20 Å². The van der Waals surface area contributed by atoms with E-state index >= 15 is 0 Å². The molecule has 3 rings (SSSR count). The molecule has 0 fully saturated rings. The number of hydrogen-bond acceptors (Lipinski definition) is 2. The van der Waals surface area contributed by atoms with Crippen LogP contribution in [0.3, 0.4) is 0 Å². The van der Waals surface area contributed by atoms with E-state index in [0.29, 0.717) is 11.9 Å². The molecule has 84 valence electrons. The minimum absolute atomic E-state index is 0.0588. The molecule has 0 saturated heterocycles. The highest BCUT2D eigenvalue weighted by Gasteiger charge is 2.05. The first-order valence-electron chi connectivity index (χ1n) is 5.42. The number of hydrogen-bond donors (Lipinski definition) is 1. The van der Waals surface area contributed by atoms with E-state index in [1.807, 2.05) is 47.1 Å². The van der Waals surface area contributed by atoms with E-state index in [2.05, 4.69) is 10.1 Å². The molecule has 0 spiro atoms. The highest BCUT2D eigenvalue weighted by atomic mass is 16.1. The highest BCUT2D eigenvalue weighted by molar-refractivity contribution is 5.78.